The van der Waals surface area contributed by atoms with E-state index in [1.807, 2.05) is 30.3 Å². The topological polar surface area (TPSA) is 43.9 Å². The molecule has 0 aliphatic heterocycles. The molecule has 0 aliphatic rings. The molecule has 3 heterocycles. The molecule has 4 rings (SSSR count). The quantitative estimate of drug-likeness (QED) is 0.530. The summed E-state index contributed by atoms with van der Waals surface area (Å²) in [7, 11) is 0. The first-order chi connectivity index (χ1) is 11.0. The van der Waals surface area contributed by atoms with Crippen molar-refractivity contribution in [1.82, 2.24) is 14.8 Å². The van der Waals surface area contributed by atoms with Gasteiger partial charge in [0.1, 0.15) is 11.3 Å². The molecular formula is C15H8F3N3OS. The van der Waals surface area contributed by atoms with E-state index in [1.165, 1.54) is 0 Å². The predicted octanol–water partition coefficient (Wildman–Crippen LogP) is 4.76. The Balaban J connectivity index is 1.76. The van der Waals surface area contributed by atoms with Crippen LogP contribution in [0.3, 0.4) is 0 Å². The molecule has 0 spiro atoms. The summed E-state index contributed by atoms with van der Waals surface area (Å²) in [5.41, 5.74) is 0.319. The van der Waals surface area contributed by atoms with Crippen molar-refractivity contribution < 1.29 is 17.6 Å². The number of benzene rings is 1. The third kappa shape index (κ3) is 2.40. The lowest BCUT2D eigenvalue weighted by molar-refractivity contribution is -0.142. The molecule has 0 saturated heterocycles. The summed E-state index contributed by atoms with van der Waals surface area (Å²) in [5, 5.41) is 6.41. The van der Waals surface area contributed by atoms with E-state index in [4.69, 9.17) is 4.42 Å². The van der Waals surface area contributed by atoms with Gasteiger partial charge in [0.2, 0.25) is 5.13 Å². The molecule has 0 atom stereocenters. The van der Waals surface area contributed by atoms with E-state index in [9.17, 15) is 13.2 Å². The summed E-state index contributed by atoms with van der Waals surface area (Å²) in [6.07, 6.45) is -3.38. The third-order valence-corrected chi connectivity index (χ3v) is 4.10. The van der Waals surface area contributed by atoms with Gasteiger partial charge in [0.25, 0.3) is 0 Å². The van der Waals surface area contributed by atoms with Crippen molar-refractivity contribution >= 4 is 22.3 Å². The second-order valence-electron chi connectivity index (χ2n) is 4.79. The standard InChI is InChI=1S/C15H8F3N3OS/c16-15(17,18)13-5-6-19-21(13)14-20-10(8-23-14)12-7-9-3-1-2-4-11(9)22-12/h1-8H. The van der Waals surface area contributed by atoms with Gasteiger partial charge in [-0.05, 0) is 18.2 Å². The smallest absolute Gasteiger partial charge is 0.433 e. The monoisotopic (exact) mass is 335 g/mol. The van der Waals surface area contributed by atoms with Crippen LogP contribution in [-0.2, 0) is 6.18 Å². The Labute approximate surface area is 131 Å². The van der Waals surface area contributed by atoms with Gasteiger partial charge in [-0.2, -0.15) is 18.3 Å². The number of hydrogen-bond donors (Lipinski definition) is 0. The fraction of sp³-hybridized carbons (Fsp3) is 0.0667. The van der Waals surface area contributed by atoms with E-state index >= 15 is 0 Å². The molecule has 4 aromatic rings. The van der Waals surface area contributed by atoms with Crippen molar-refractivity contribution in [3.05, 3.63) is 53.7 Å². The Hall–Kier alpha value is -2.61. The zero-order chi connectivity index (χ0) is 16.0. The molecule has 0 unspecified atom stereocenters. The van der Waals surface area contributed by atoms with Gasteiger partial charge >= 0.3 is 6.18 Å². The number of thiazole rings is 1. The Morgan fingerprint density at radius 2 is 1.96 bits per heavy atom. The number of furan rings is 1. The molecule has 0 saturated carbocycles. The highest BCUT2D eigenvalue weighted by Crippen LogP contribution is 2.33. The Morgan fingerprint density at radius 3 is 2.74 bits per heavy atom. The molecule has 8 heteroatoms. The molecule has 0 N–H and O–H groups in total. The second kappa shape index (κ2) is 4.95. The number of aromatic nitrogens is 3. The highest BCUT2D eigenvalue weighted by Gasteiger charge is 2.35. The average molecular weight is 335 g/mol. The zero-order valence-electron chi connectivity index (χ0n) is 11.4. The molecule has 116 valence electrons. The van der Waals surface area contributed by atoms with Gasteiger partial charge in [0.05, 0.1) is 6.20 Å². The minimum absolute atomic E-state index is 0.137. The lowest BCUT2D eigenvalue weighted by atomic mass is 10.2. The normalized spacial score (nSPS) is 12.1. The minimum atomic E-state index is -4.48. The van der Waals surface area contributed by atoms with Gasteiger partial charge in [-0.25, -0.2) is 9.67 Å². The first-order valence-electron chi connectivity index (χ1n) is 6.58. The fourth-order valence-corrected chi connectivity index (χ4v) is 3.04. The summed E-state index contributed by atoms with van der Waals surface area (Å²) >= 11 is 1.07. The number of alkyl halides is 3. The van der Waals surface area contributed by atoms with Crippen molar-refractivity contribution in [2.24, 2.45) is 0 Å². The number of para-hydroxylation sites is 1. The molecule has 0 aliphatic carbocycles. The van der Waals surface area contributed by atoms with E-state index in [1.54, 1.807) is 5.38 Å². The van der Waals surface area contributed by atoms with Crippen molar-refractivity contribution in [3.63, 3.8) is 0 Å². The highest BCUT2D eigenvalue weighted by molar-refractivity contribution is 7.12. The van der Waals surface area contributed by atoms with Crippen molar-refractivity contribution in [1.29, 1.82) is 0 Å². The van der Waals surface area contributed by atoms with Crippen molar-refractivity contribution in [2.75, 3.05) is 0 Å². The molecular weight excluding hydrogens is 327 g/mol. The number of nitrogens with zero attached hydrogens (tertiary/aromatic N) is 3. The molecule has 0 fully saturated rings. The largest absolute Gasteiger partial charge is 0.454 e. The maximum Gasteiger partial charge on any atom is 0.433 e. The minimum Gasteiger partial charge on any atom is -0.454 e. The summed E-state index contributed by atoms with van der Waals surface area (Å²) in [6, 6.07) is 10.2. The highest BCUT2D eigenvalue weighted by atomic mass is 32.1. The first kappa shape index (κ1) is 14.0. The van der Waals surface area contributed by atoms with E-state index in [-0.39, 0.29) is 5.13 Å². The third-order valence-electron chi connectivity index (χ3n) is 3.28. The van der Waals surface area contributed by atoms with Crippen LogP contribution in [-0.4, -0.2) is 14.8 Å². The van der Waals surface area contributed by atoms with Crippen LogP contribution in [0.2, 0.25) is 0 Å². The molecule has 4 nitrogen and oxygen atoms in total. The number of halogens is 3. The summed E-state index contributed by atoms with van der Waals surface area (Å²) < 4.78 is 45.3. The summed E-state index contributed by atoms with van der Waals surface area (Å²) in [6.45, 7) is 0. The Kier molecular flexibility index (Phi) is 3.02. The maximum absolute atomic E-state index is 12.9. The fourth-order valence-electron chi connectivity index (χ4n) is 2.25. The lowest BCUT2D eigenvalue weighted by Crippen LogP contribution is -2.12. The molecule has 0 bridgehead atoms. The van der Waals surface area contributed by atoms with Crippen LogP contribution in [0, 0.1) is 0 Å². The van der Waals surface area contributed by atoms with Gasteiger partial charge in [-0.1, -0.05) is 18.2 Å². The van der Waals surface area contributed by atoms with E-state index in [0.717, 1.165) is 33.7 Å². The van der Waals surface area contributed by atoms with E-state index in [2.05, 4.69) is 10.1 Å². The van der Waals surface area contributed by atoms with Gasteiger partial charge in [-0.3, -0.25) is 0 Å². The van der Waals surface area contributed by atoms with Crippen LogP contribution in [0.15, 0.2) is 52.4 Å². The molecule has 0 amide bonds. The molecule has 3 aromatic heterocycles. The first-order valence-corrected chi connectivity index (χ1v) is 7.46. The number of rotatable bonds is 2. The van der Waals surface area contributed by atoms with Crippen LogP contribution >= 0.6 is 11.3 Å². The van der Waals surface area contributed by atoms with Crippen LogP contribution in [0.1, 0.15) is 5.69 Å². The van der Waals surface area contributed by atoms with Crippen LogP contribution in [0.5, 0.6) is 0 Å². The SMILES string of the molecule is FC(F)(F)c1ccnn1-c1nc(-c2cc3ccccc3o2)cs1. The lowest BCUT2D eigenvalue weighted by Gasteiger charge is -2.06. The van der Waals surface area contributed by atoms with Crippen LogP contribution < -0.4 is 0 Å². The van der Waals surface area contributed by atoms with Gasteiger partial charge < -0.3 is 4.42 Å². The average Bonchev–Trinajstić information content (AvgIpc) is 3.23. The van der Waals surface area contributed by atoms with Crippen LogP contribution in [0.4, 0.5) is 13.2 Å². The van der Waals surface area contributed by atoms with E-state index in [0.29, 0.717) is 17.0 Å². The Morgan fingerprint density at radius 1 is 1.13 bits per heavy atom. The molecule has 23 heavy (non-hydrogen) atoms. The maximum atomic E-state index is 12.9. The molecule has 0 radical (unpaired) electrons. The number of fused-ring (bicyclic) bond motifs is 1. The molecule has 1 aromatic carbocycles. The summed E-state index contributed by atoms with van der Waals surface area (Å²) in [4.78, 5) is 4.22. The predicted molar refractivity (Wildman–Crippen MR) is 79.4 cm³/mol. The van der Waals surface area contributed by atoms with Gasteiger partial charge in [-0.15, -0.1) is 11.3 Å². The van der Waals surface area contributed by atoms with Gasteiger partial charge in [0, 0.05) is 10.8 Å². The van der Waals surface area contributed by atoms with Crippen molar-refractivity contribution in [3.8, 4) is 16.6 Å². The number of hydrogen-bond acceptors (Lipinski definition) is 4. The van der Waals surface area contributed by atoms with Crippen LogP contribution in [0.25, 0.3) is 27.6 Å². The Bertz CT molecular complexity index is 950. The van der Waals surface area contributed by atoms with E-state index < -0.39 is 11.9 Å². The van der Waals surface area contributed by atoms with Gasteiger partial charge in [0.15, 0.2) is 11.5 Å². The zero-order valence-corrected chi connectivity index (χ0v) is 12.2. The van der Waals surface area contributed by atoms with Crippen molar-refractivity contribution in [2.45, 2.75) is 6.18 Å². The second-order valence-corrected chi connectivity index (χ2v) is 5.63. The summed E-state index contributed by atoms with van der Waals surface area (Å²) in [5.74, 6) is 0.509.